The van der Waals surface area contributed by atoms with E-state index in [1.165, 1.54) is 63.9 Å². The lowest BCUT2D eigenvalue weighted by molar-refractivity contribution is 1.57. The number of rotatable bonds is 1. The summed E-state index contributed by atoms with van der Waals surface area (Å²) in [7, 11) is 0. The molecule has 7 rings (SSSR count). The van der Waals surface area contributed by atoms with Gasteiger partial charge >= 0.3 is 0 Å². The summed E-state index contributed by atoms with van der Waals surface area (Å²) in [4.78, 5) is 3.78. The maximum atomic E-state index is 3.78. The Morgan fingerprint density at radius 1 is 0.600 bits per heavy atom. The largest absolute Gasteiger partial charge is 0.354 e. The Labute approximate surface area is 177 Å². The van der Waals surface area contributed by atoms with Gasteiger partial charge in [0.2, 0.25) is 0 Å². The van der Waals surface area contributed by atoms with Gasteiger partial charge < -0.3 is 4.98 Å². The van der Waals surface area contributed by atoms with Crippen molar-refractivity contribution in [2.75, 3.05) is 0 Å². The lowest BCUT2D eigenvalue weighted by Gasteiger charge is -2.06. The van der Waals surface area contributed by atoms with Crippen molar-refractivity contribution < 1.29 is 0 Å². The topological polar surface area (TPSA) is 15.8 Å². The minimum atomic E-state index is 1.20. The third-order valence-electron chi connectivity index (χ3n) is 6.19. The first-order valence-electron chi connectivity index (χ1n) is 10.2. The van der Waals surface area contributed by atoms with E-state index >= 15 is 0 Å². The second-order valence-electron chi connectivity index (χ2n) is 7.85. The van der Waals surface area contributed by atoms with Crippen LogP contribution in [0.2, 0.25) is 0 Å². The van der Waals surface area contributed by atoms with Crippen molar-refractivity contribution in [3.63, 3.8) is 0 Å². The van der Waals surface area contributed by atoms with E-state index in [0.29, 0.717) is 0 Å². The highest BCUT2D eigenvalue weighted by Crippen LogP contribution is 2.46. The van der Waals surface area contributed by atoms with Crippen molar-refractivity contribution in [2.24, 2.45) is 0 Å². The molecule has 2 heterocycles. The number of hydrogen-bond donors (Lipinski definition) is 1. The van der Waals surface area contributed by atoms with Crippen LogP contribution in [0.25, 0.3) is 63.9 Å². The third kappa shape index (κ3) is 2.11. The van der Waals surface area contributed by atoms with Gasteiger partial charge in [-0.25, -0.2) is 0 Å². The fourth-order valence-electron chi connectivity index (χ4n) is 4.86. The highest BCUT2D eigenvalue weighted by molar-refractivity contribution is 7.26. The molecule has 0 bridgehead atoms. The number of hydrogen-bond acceptors (Lipinski definition) is 1. The van der Waals surface area contributed by atoms with Crippen molar-refractivity contribution in [2.45, 2.75) is 0 Å². The van der Waals surface area contributed by atoms with Crippen LogP contribution in [0.4, 0.5) is 0 Å². The maximum absolute atomic E-state index is 3.78. The molecule has 140 valence electrons. The molecule has 0 fully saturated rings. The first-order valence-corrected chi connectivity index (χ1v) is 11.0. The van der Waals surface area contributed by atoms with Crippen molar-refractivity contribution >= 4 is 64.1 Å². The SMILES string of the molecule is c1ccc(-c2cc3c([nH]c4ccc5ccccc5c43)c3c2sc2ccccc23)cc1. The van der Waals surface area contributed by atoms with Crippen LogP contribution in [0, 0.1) is 0 Å². The number of fused-ring (bicyclic) bond motifs is 9. The third-order valence-corrected chi connectivity index (χ3v) is 7.40. The minimum absolute atomic E-state index is 1.20. The van der Waals surface area contributed by atoms with E-state index < -0.39 is 0 Å². The maximum Gasteiger partial charge on any atom is 0.0560 e. The molecule has 2 heteroatoms. The van der Waals surface area contributed by atoms with E-state index in [9.17, 15) is 0 Å². The Kier molecular flexibility index (Phi) is 3.21. The van der Waals surface area contributed by atoms with Crippen LogP contribution in [0.1, 0.15) is 0 Å². The van der Waals surface area contributed by atoms with Crippen LogP contribution >= 0.6 is 11.3 Å². The minimum Gasteiger partial charge on any atom is -0.354 e. The molecule has 5 aromatic carbocycles. The summed E-state index contributed by atoms with van der Waals surface area (Å²) < 4.78 is 2.69. The molecule has 0 amide bonds. The summed E-state index contributed by atoms with van der Waals surface area (Å²) in [6, 6.07) is 35.1. The zero-order valence-corrected chi connectivity index (χ0v) is 17.0. The van der Waals surface area contributed by atoms with Gasteiger partial charge in [-0.15, -0.1) is 11.3 Å². The Balaban J connectivity index is 1.79. The summed E-state index contributed by atoms with van der Waals surface area (Å²) in [6.45, 7) is 0. The number of thiophene rings is 1. The first kappa shape index (κ1) is 16.2. The lowest BCUT2D eigenvalue weighted by Crippen LogP contribution is -1.80. The van der Waals surface area contributed by atoms with E-state index in [0.717, 1.165) is 0 Å². The molecule has 7 aromatic rings. The van der Waals surface area contributed by atoms with Crippen LogP contribution in [0.5, 0.6) is 0 Å². The van der Waals surface area contributed by atoms with E-state index in [1.807, 2.05) is 11.3 Å². The van der Waals surface area contributed by atoms with Crippen LogP contribution in [0.15, 0.2) is 97.1 Å². The molecule has 2 aromatic heterocycles. The van der Waals surface area contributed by atoms with E-state index in [-0.39, 0.29) is 0 Å². The van der Waals surface area contributed by atoms with Gasteiger partial charge in [0.25, 0.3) is 0 Å². The number of nitrogens with one attached hydrogen (secondary N) is 1. The number of aromatic nitrogens is 1. The van der Waals surface area contributed by atoms with Gasteiger partial charge in [-0.3, -0.25) is 0 Å². The number of aromatic amines is 1. The molecular weight excluding hydrogens is 382 g/mol. The zero-order chi connectivity index (χ0) is 19.7. The molecule has 0 radical (unpaired) electrons. The molecular formula is C28H17NS. The number of benzene rings is 5. The highest BCUT2D eigenvalue weighted by atomic mass is 32.1. The molecule has 0 aliphatic carbocycles. The molecule has 1 N–H and O–H groups in total. The number of H-pyrrole nitrogens is 1. The van der Waals surface area contributed by atoms with Crippen molar-refractivity contribution in [3.05, 3.63) is 97.1 Å². The summed E-state index contributed by atoms with van der Waals surface area (Å²) >= 11 is 1.89. The van der Waals surface area contributed by atoms with Gasteiger partial charge in [-0.05, 0) is 34.5 Å². The van der Waals surface area contributed by atoms with Crippen molar-refractivity contribution in [1.82, 2.24) is 4.98 Å². The standard InChI is InChI=1S/C28H17NS/c1-2-8-17(9-3-1)21-16-22-25-19-11-5-4-10-18(19)14-15-23(25)29-27(22)26-20-12-6-7-13-24(20)30-28(21)26/h1-16,29H. The van der Waals surface area contributed by atoms with Crippen LogP contribution in [0.3, 0.4) is 0 Å². The van der Waals surface area contributed by atoms with Crippen LogP contribution in [-0.2, 0) is 0 Å². The molecule has 0 unspecified atom stereocenters. The van der Waals surface area contributed by atoms with E-state index in [2.05, 4.69) is 102 Å². The molecule has 0 spiro atoms. The Bertz CT molecular complexity index is 1740. The smallest absolute Gasteiger partial charge is 0.0560 e. The molecule has 0 atom stereocenters. The van der Waals surface area contributed by atoms with E-state index in [4.69, 9.17) is 0 Å². The predicted molar refractivity (Wildman–Crippen MR) is 132 cm³/mol. The van der Waals surface area contributed by atoms with Crippen molar-refractivity contribution in [3.8, 4) is 11.1 Å². The summed E-state index contributed by atoms with van der Waals surface area (Å²) in [5.74, 6) is 0. The molecule has 0 aliphatic heterocycles. The Hall–Kier alpha value is -3.62. The van der Waals surface area contributed by atoms with Gasteiger partial charge in [-0.2, -0.15) is 0 Å². The fourth-order valence-corrected chi connectivity index (χ4v) is 6.11. The van der Waals surface area contributed by atoms with Gasteiger partial charge in [-0.1, -0.05) is 78.9 Å². The molecule has 0 saturated carbocycles. The van der Waals surface area contributed by atoms with Crippen LogP contribution < -0.4 is 0 Å². The normalized spacial score (nSPS) is 12.0. The monoisotopic (exact) mass is 399 g/mol. The highest BCUT2D eigenvalue weighted by Gasteiger charge is 2.18. The Morgan fingerprint density at radius 2 is 1.37 bits per heavy atom. The molecule has 30 heavy (non-hydrogen) atoms. The summed E-state index contributed by atoms with van der Waals surface area (Å²) in [5, 5.41) is 7.87. The van der Waals surface area contributed by atoms with Gasteiger partial charge in [0.1, 0.15) is 0 Å². The second-order valence-corrected chi connectivity index (χ2v) is 8.90. The second kappa shape index (κ2) is 5.94. The molecule has 1 nitrogen and oxygen atoms in total. The average molecular weight is 400 g/mol. The molecule has 0 saturated heterocycles. The summed E-state index contributed by atoms with van der Waals surface area (Å²) in [6.07, 6.45) is 0. The fraction of sp³-hybridized carbons (Fsp3) is 0. The van der Waals surface area contributed by atoms with Gasteiger partial charge in [0, 0.05) is 42.0 Å². The van der Waals surface area contributed by atoms with Crippen molar-refractivity contribution in [1.29, 1.82) is 0 Å². The quantitative estimate of drug-likeness (QED) is 0.285. The first-order chi connectivity index (χ1) is 14.9. The van der Waals surface area contributed by atoms with Gasteiger partial charge in [0.15, 0.2) is 0 Å². The zero-order valence-electron chi connectivity index (χ0n) is 16.1. The molecule has 0 aliphatic rings. The van der Waals surface area contributed by atoms with E-state index in [1.54, 1.807) is 0 Å². The van der Waals surface area contributed by atoms with Gasteiger partial charge in [0.05, 0.1) is 5.52 Å². The predicted octanol–water partition coefficient (Wildman–Crippen LogP) is 8.51. The average Bonchev–Trinajstić information content (AvgIpc) is 3.37. The lowest BCUT2D eigenvalue weighted by atomic mass is 9.97. The van der Waals surface area contributed by atoms with Crippen LogP contribution in [-0.4, -0.2) is 4.98 Å². The Morgan fingerprint density at radius 3 is 2.27 bits per heavy atom. The summed E-state index contributed by atoms with van der Waals surface area (Å²) in [5.41, 5.74) is 5.03.